The molecule has 59 heavy (non-hydrogen) atoms. The molecule has 0 aliphatic carbocycles. The number of benzene rings is 4. The third-order valence-corrected chi connectivity index (χ3v) is 9.25. The Morgan fingerprint density at radius 3 is 2.19 bits per heavy atom. The van der Waals surface area contributed by atoms with Crippen LogP contribution in [0.15, 0.2) is 83.7 Å². The predicted octanol–water partition coefficient (Wildman–Crippen LogP) is 4.86. The third kappa shape index (κ3) is 10.9. The Hall–Kier alpha value is -7.42. The molecule has 2 N–H and O–H groups in total. The number of carbonyl (C=O) groups is 3. The molecule has 1 aromatic heterocycles. The first-order valence-electron chi connectivity index (χ1n) is 18.6. The fourth-order valence-electron chi connectivity index (χ4n) is 6.32. The number of ether oxygens (including phenoxy) is 1. The Bertz CT molecular complexity index is 2320. The first-order chi connectivity index (χ1) is 28.0. The van der Waals surface area contributed by atoms with E-state index < -0.39 is 46.6 Å². The number of hydrogen-bond acceptors (Lipinski definition) is 7. The standard InChI is InChI=1S/C40H35F4N6O6.C2H6.Fm/c41-28-5-3-4-26(20-28)27-21-33(43)37(34(44)22-27)39(54)45-10-16-56-17-15-48(24-51)23-36(52)49-11-13-50(14-12-49)40(55)31-18-25(8-9-32(31)42)19-35-29-6-1-2-7-30(29)38(53)47-46-35;1-2;/h1-9,18,20-22H,10-17,19,23H2,(H,45,54)(H,47,53);1-2H3;/q-1;;. The third-order valence-electron chi connectivity index (χ3n) is 9.25. The first kappa shape index (κ1) is 44.3. The van der Waals surface area contributed by atoms with E-state index in [1.165, 1.54) is 40.1 Å². The van der Waals surface area contributed by atoms with Crippen LogP contribution in [0.2, 0.25) is 0 Å². The number of nitrogens with zero attached hydrogens (tertiary/aromatic N) is 4. The molecule has 4 amide bonds. The normalized spacial score (nSPS) is 12.2. The van der Waals surface area contributed by atoms with E-state index >= 15 is 0 Å². The van der Waals surface area contributed by atoms with Gasteiger partial charge in [0.15, 0.2) is 0 Å². The maximum Gasteiger partial charge on any atom is 0.272 e. The molecule has 5 aromatic rings. The second-order valence-electron chi connectivity index (χ2n) is 12.9. The fraction of sp³-hybridized carbons (Fsp3) is 0.286. The van der Waals surface area contributed by atoms with Gasteiger partial charge in [-0.15, -0.1) is 0 Å². The minimum absolute atomic E-state index is 0. The predicted molar refractivity (Wildman–Crippen MR) is 208 cm³/mol. The zero-order chi connectivity index (χ0) is 41.8. The van der Waals surface area contributed by atoms with Crippen LogP contribution in [-0.2, 0) is 20.7 Å². The van der Waals surface area contributed by atoms with Crippen LogP contribution in [0.25, 0.3) is 21.9 Å². The Morgan fingerprint density at radius 1 is 0.831 bits per heavy atom. The van der Waals surface area contributed by atoms with Crippen LogP contribution in [-0.4, -0.2) is 108 Å². The summed E-state index contributed by atoms with van der Waals surface area (Å²) < 4.78 is 63.2. The summed E-state index contributed by atoms with van der Waals surface area (Å²) in [5, 5.41) is 10.1. The van der Waals surface area contributed by atoms with Gasteiger partial charge in [-0.25, -0.2) is 22.7 Å². The second-order valence-corrected chi connectivity index (χ2v) is 12.9. The SMILES string of the molecule is CC.O=[C-]N(CCOCCNC(=O)c1c(F)cc(-c2cccc(F)c2)cc1F)CC(=O)N1CCN(C(=O)c2cc(Cc3n[nH]c(=O)c4ccccc34)ccc2F)CC1.[Fm]. The van der Waals surface area contributed by atoms with Gasteiger partial charge in [-0.3, -0.25) is 19.2 Å². The van der Waals surface area contributed by atoms with Gasteiger partial charge in [0.2, 0.25) is 5.91 Å². The van der Waals surface area contributed by atoms with E-state index in [0.29, 0.717) is 22.0 Å². The van der Waals surface area contributed by atoms with Gasteiger partial charge in [0.1, 0.15) is 28.8 Å². The molecule has 0 spiro atoms. The first-order valence-corrected chi connectivity index (χ1v) is 18.6. The summed E-state index contributed by atoms with van der Waals surface area (Å²) in [7, 11) is 0. The Kier molecular flexibility index (Phi) is 15.5. The quantitative estimate of drug-likeness (QED) is 0.0700. The van der Waals surface area contributed by atoms with Crippen molar-refractivity contribution in [3.63, 3.8) is 0 Å². The molecule has 316 valence electrons. The van der Waals surface area contributed by atoms with E-state index in [2.05, 4.69) is 15.5 Å². The molecular weight excluding hydrogens is 1020 g/mol. The van der Waals surface area contributed by atoms with Crippen molar-refractivity contribution in [1.82, 2.24) is 30.2 Å². The van der Waals surface area contributed by atoms with Gasteiger partial charge < -0.3 is 29.5 Å². The maximum atomic E-state index is 14.9. The molecule has 1 fully saturated rings. The average Bonchev–Trinajstić information content (AvgIpc) is 3.23. The van der Waals surface area contributed by atoms with E-state index in [-0.39, 0.29) is 87.7 Å². The number of aromatic amines is 1. The molecule has 1 saturated heterocycles. The molecule has 2 heterocycles. The molecule has 17 heteroatoms. The van der Waals surface area contributed by atoms with Crippen molar-refractivity contribution in [1.29, 1.82) is 0 Å². The maximum absolute atomic E-state index is 14.9. The summed E-state index contributed by atoms with van der Waals surface area (Å²) in [5.74, 6) is -5.47. The van der Waals surface area contributed by atoms with Crippen molar-refractivity contribution in [2.24, 2.45) is 0 Å². The molecule has 1 aliphatic rings. The molecular formula is C42H41F4FmN6O6-. The molecule has 1 aliphatic heterocycles. The van der Waals surface area contributed by atoms with Crippen LogP contribution in [0, 0.1) is 23.3 Å². The van der Waals surface area contributed by atoms with Gasteiger partial charge in [-0.05, 0) is 59.2 Å². The number of aromatic nitrogens is 2. The van der Waals surface area contributed by atoms with Gasteiger partial charge in [0.05, 0.1) is 36.4 Å². The zero-order valence-corrected chi connectivity index (χ0v) is 34.5. The number of amides is 4. The fourth-order valence-corrected chi connectivity index (χ4v) is 6.32. The van der Waals surface area contributed by atoms with Crippen molar-refractivity contribution in [3.8, 4) is 11.1 Å². The van der Waals surface area contributed by atoms with Gasteiger partial charge in [-0.1, -0.05) is 50.2 Å². The van der Waals surface area contributed by atoms with Gasteiger partial charge in [0, 0.05) is 51.1 Å². The van der Waals surface area contributed by atoms with E-state index in [1.807, 2.05) is 13.8 Å². The number of nitrogens with one attached hydrogen (secondary N) is 2. The Labute approximate surface area is 331 Å². The van der Waals surface area contributed by atoms with Crippen LogP contribution in [0.5, 0.6) is 0 Å². The topological polar surface area (TPSA) is 145 Å². The monoisotopic (exact) mass is 1060 g/mol. The summed E-state index contributed by atoms with van der Waals surface area (Å²) in [4.78, 5) is 66.5. The van der Waals surface area contributed by atoms with Crippen molar-refractivity contribution in [3.05, 3.63) is 135 Å². The molecule has 6 rings (SSSR count). The molecule has 0 atom stereocenters. The van der Waals surface area contributed by atoms with E-state index in [9.17, 15) is 41.5 Å². The number of piperazine rings is 1. The number of hydrogen-bond donors (Lipinski definition) is 2. The molecule has 0 saturated carbocycles. The van der Waals surface area contributed by atoms with Crippen molar-refractivity contribution in [2.45, 2.75) is 20.3 Å². The van der Waals surface area contributed by atoms with Crippen LogP contribution in [0.3, 0.4) is 0 Å². The van der Waals surface area contributed by atoms with Crippen molar-refractivity contribution >= 4 is 34.9 Å². The minimum Gasteiger partial charge on any atom is -0.520 e. The summed E-state index contributed by atoms with van der Waals surface area (Å²) >= 11 is 0. The summed E-state index contributed by atoms with van der Waals surface area (Å²) in [6.45, 7) is 4.00. The van der Waals surface area contributed by atoms with E-state index in [4.69, 9.17) is 4.74 Å². The van der Waals surface area contributed by atoms with Crippen LogP contribution in [0.4, 0.5) is 17.6 Å². The van der Waals surface area contributed by atoms with Crippen LogP contribution >= 0.6 is 0 Å². The van der Waals surface area contributed by atoms with Crippen LogP contribution in [0.1, 0.15) is 45.8 Å². The molecule has 0 unspecified atom stereocenters. The smallest absolute Gasteiger partial charge is 0.272 e. The largest absolute Gasteiger partial charge is 0.520 e. The second kappa shape index (κ2) is 20.7. The van der Waals surface area contributed by atoms with E-state index in [0.717, 1.165) is 23.1 Å². The number of rotatable bonds is 14. The summed E-state index contributed by atoms with van der Waals surface area (Å²) in [6, 6.07) is 18.2. The van der Waals surface area contributed by atoms with Crippen molar-refractivity contribution < 1.29 is 41.5 Å². The van der Waals surface area contributed by atoms with Crippen molar-refractivity contribution in [2.75, 3.05) is 59.0 Å². The van der Waals surface area contributed by atoms with Gasteiger partial charge in [0.25, 0.3) is 17.4 Å². The summed E-state index contributed by atoms with van der Waals surface area (Å²) in [5.41, 5.74) is 0.220. The number of halogens is 4. The molecule has 12 nitrogen and oxygen atoms in total. The van der Waals surface area contributed by atoms with Gasteiger partial charge in [-0.2, -0.15) is 11.5 Å². The molecule has 0 radical (unpaired) electrons. The summed E-state index contributed by atoms with van der Waals surface area (Å²) in [6.07, 6.45) is 1.92. The average molecular weight is 1060 g/mol. The van der Waals surface area contributed by atoms with Gasteiger partial charge >= 0.3 is 0 Å². The van der Waals surface area contributed by atoms with Crippen LogP contribution < -0.4 is 10.9 Å². The Morgan fingerprint density at radius 2 is 1.51 bits per heavy atom. The Balaban J connectivity index is 0.00000252. The zero-order valence-electron chi connectivity index (χ0n) is 32.1. The number of fused-ring (bicyclic) bond motifs is 1. The molecule has 4 aromatic carbocycles. The number of carbonyl (C=O) groups excluding carboxylic acids is 4. The minimum atomic E-state index is -1.12. The molecule has 0 bridgehead atoms. The number of H-pyrrole nitrogens is 1. The van der Waals surface area contributed by atoms with E-state index in [1.54, 1.807) is 36.7 Å².